The first-order chi connectivity index (χ1) is 8.65. The van der Waals surface area contributed by atoms with Crippen molar-refractivity contribution in [3.05, 3.63) is 12.2 Å². The molecule has 0 saturated heterocycles. The Morgan fingerprint density at radius 3 is 2.67 bits per heavy atom. The smallest absolute Gasteiger partial charge is 0.303 e. The molecule has 4 heteroatoms. The van der Waals surface area contributed by atoms with E-state index in [1.54, 1.807) is 0 Å². The molecule has 0 amide bonds. The Kier molecular flexibility index (Phi) is 6.98. The van der Waals surface area contributed by atoms with E-state index in [2.05, 4.69) is 12.2 Å². The molecule has 0 radical (unpaired) electrons. The zero-order valence-corrected chi connectivity index (χ0v) is 10.8. The molecule has 0 aliphatic heterocycles. The third-order valence-corrected chi connectivity index (χ3v) is 3.75. The third kappa shape index (κ3) is 5.19. The lowest BCUT2D eigenvalue weighted by Gasteiger charge is -2.18. The van der Waals surface area contributed by atoms with E-state index in [0.717, 1.165) is 32.1 Å². The van der Waals surface area contributed by atoms with Gasteiger partial charge in [-0.2, -0.15) is 0 Å². The summed E-state index contributed by atoms with van der Waals surface area (Å²) in [6, 6.07) is 0. The van der Waals surface area contributed by atoms with Gasteiger partial charge in [-0.15, -0.1) is 0 Å². The molecule has 18 heavy (non-hydrogen) atoms. The largest absolute Gasteiger partial charge is 0.481 e. The van der Waals surface area contributed by atoms with E-state index in [4.69, 9.17) is 5.11 Å². The number of carbonyl (C=O) groups is 1. The van der Waals surface area contributed by atoms with Crippen LogP contribution in [0.4, 0.5) is 0 Å². The zero-order chi connectivity index (χ0) is 13.4. The minimum Gasteiger partial charge on any atom is -0.481 e. The third-order valence-electron chi connectivity index (χ3n) is 3.75. The summed E-state index contributed by atoms with van der Waals surface area (Å²) >= 11 is 0. The summed E-state index contributed by atoms with van der Waals surface area (Å²) in [4.78, 5) is 10.3. The Morgan fingerprint density at radius 2 is 2.00 bits per heavy atom. The van der Waals surface area contributed by atoms with Crippen LogP contribution in [-0.4, -0.2) is 34.0 Å². The topological polar surface area (TPSA) is 77.8 Å². The first kappa shape index (κ1) is 15.2. The van der Waals surface area contributed by atoms with Crippen LogP contribution in [0.5, 0.6) is 0 Å². The Bertz CT molecular complexity index is 275. The Morgan fingerprint density at radius 1 is 1.22 bits per heavy atom. The number of hydrogen-bond acceptors (Lipinski definition) is 3. The maximum Gasteiger partial charge on any atom is 0.303 e. The molecular formula is C14H24O4. The fraction of sp³-hybridized carbons (Fsp3) is 0.786. The van der Waals surface area contributed by atoms with Crippen molar-refractivity contribution < 1.29 is 20.1 Å². The number of unbranched alkanes of at least 4 members (excludes halogenated alkanes) is 2. The van der Waals surface area contributed by atoms with Gasteiger partial charge in [0.15, 0.2) is 0 Å². The van der Waals surface area contributed by atoms with Gasteiger partial charge in [-0.1, -0.05) is 12.2 Å². The highest BCUT2D eigenvalue weighted by atomic mass is 16.4. The highest BCUT2D eigenvalue weighted by Crippen LogP contribution is 2.34. The fourth-order valence-corrected chi connectivity index (χ4v) is 2.61. The number of aliphatic hydroxyl groups is 2. The number of aliphatic carboxylic acids is 1. The molecular weight excluding hydrogens is 232 g/mol. The average molecular weight is 256 g/mol. The van der Waals surface area contributed by atoms with Crippen LogP contribution in [0.3, 0.4) is 0 Å². The second-order valence-electron chi connectivity index (χ2n) is 5.10. The van der Waals surface area contributed by atoms with E-state index in [1.165, 1.54) is 0 Å². The summed E-state index contributed by atoms with van der Waals surface area (Å²) in [5.74, 6) is -0.319. The summed E-state index contributed by atoms with van der Waals surface area (Å²) in [6.45, 7) is 0.161. The van der Waals surface area contributed by atoms with Gasteiger partial charge in [0, 0.05) is 13.0 Å². The molecule has 1 aliphatic carbocycles. The molecule has 4 nitrogen and oxygen atoms in total. The van der Waals surface area contributed by atoms with Crippen molar-refractivity contribution in [2.45, 2.75) is 51.0 Å². The van der Waals surface area contributed by atoms with Gasteiger partial charge in [-0.05, 0) is 50.4 Å². The van der Waals surface area contributed by atoms with E-state index >= 15 is 0 Å². The summed E-state index contributed by atoms with van der Waals surface area (Å²) in [7, 11) is 0. The molecule has 1 rings (SSSR count). The van der Waals surface area contributed by atoms with E-state index in [9.17, 15) is 15.0 Å². The molecule has 3 N–H and O–H groups in total. The summed E-state index contributed by atoms with van der Waals surface area (Å²) < 4.78 is 0. The van der Waals surface area contributed by atoms with Gasteiger partial charge in [0.05, 0.1) is 6.10 Å². The SMILES string of the molecule is O=C(O)CCCCC=CC[C@H]1C(O)CC[C@@H]1CO. The number of rotatable bonds is 8. The lowest BCUT2D eigenvalue weighted by molar-refractivity contribution is -0.137. The van der Waals surface area contributed by atoms with Crippen molar-refractivity contribution in [1.29, 1.82) is 0 Å². The van der Waals surface area contributed by atoms with Crippen LogP contribution in [-0.2, 0) is 4.79 Å². The second-order valence-corrected chi connectivity index (χ2v) is 5.10. The fourth-order valence-electron chi connectivity index (χ4n) is 2.61. The molecule has 1 aliphatic rings. The first-order valence-electron chi connectivity index (χ1n) is 6.81. The lowest BCUT2D eigenvalue weighted by Crippen LogP contribution is -2.20. The molecule has 0 spiro atoms. The number of carboxylic acids is 1. The molecule has 0 aromatic heterocycles. The molecule has 1 saturated carbocycles. The molecule has 0 bridgehead atoms. The van der Waals surface area contributed by atoms with Crippen LogP contribution in [0.1, 0.15) is 44.9 Å². The molecule has 0 aromatic carbocycles. The Balaban J connectivity index is 2.13. The van der Waals surface area contributed by atoms with Crippen molar-refractivity contribution >= 4 is 5.97 Å². The van der Waals surface area contributed by atoms with Crippen LogP contribution >= 0.6 is 0 Å². The summed E-state index contributed by atoms with van der Waals surface area (Å²) in [5.41, 5.74) is 0. The highest BCUT2D eigenvalue weighted by Gasteiger charge is 2.33. The van der Waals surface area contributed by atoms with Crippen LogP contribution in [0.2, 0.25) is 0 Å². The van der Waals surface area contributed by atoms with Crippen molar-refractivity contribution in [2.24, 2.45) is 11.8 Å². The maximum absolute atomic E-state index is 10.3. The predicted molar refractivity (Wildman–Crippen MR) is 69.2 cm³/mol. The van der Waals surface area contributed by atoms with E-state index in [0.29, 0.717) is 6.42 Å². The van der Waals surface area contributed by atoms with Crippen molar-refractivity contribution in [3.63, 3.8) is 0 Å². The van der Waals surface area contributed by atoms with Gasteiger partial charge in [-0.25, -0.2) is 0 Å². The lowest BCUT2D eigenvalue weighted by atomic mass is 9.92. The number of carboxylic acid groups (broad SMARTS) is 1. The van der Waals surface area contributed by atoms with Gasteiger partial charge in [0.2, 0.25) is 0 Å². The maximum atomic E-state index is 10.3. The first-order valence-corrected chi connectivity index (χ1v) is 6.81. The highest BCUT2D eigenvalue weighted by molar-refractivity contribution is 5.66. The van der Waals surface area contributed by atoms with Crippen LogP contribution in [0.25, 0.3) is 0 Å². The van der Waals surface area contributed by atoms with Gasteiger partial charge in [-0.3, -0.25) is 4.79 Å². The number of allylic oxidation sites excluding steroid dienone is 2. The second kappa shape index (κ2) is 8.27. The number of hydrogen-bond donors (Lipinski definition) is 3. The quantitative estimate of drug-likeness (QED) is 0.458. The zero-order valence-electron chi connectivity index (χ0n) is 10.8. The normalized spacial score (nSPS) is 28.0. The molecule has 0 aromatic rings. The summed E-state index contributed by atoms with van der Waals surface area (Å²) in [5, 5.41) is 27.4. The van der Waals surface area contributed by atoms with Crippen LogP contribution in [0, 0.1) is 11.8 Å². The molecule has 0 heterocycles. The predicted octanol–water partition coefficient (Wildman–Crippen LogP) is 1.96. The van der Waals surface area contributed by atoms with E-state index in [1.807, 2.05) is 0 Å². The molecule has 3 atom stereocenters. The minimum atomic E-state index is -0.737. The summed E-state index contributed by atoms with van der Waals surface area (Å²) in [6.07, 6.45) is 9.08. The monoisotopic (exact) mass is 256 g/mol. The standard InChI is InChI=1S/C14H24O4/c15-10-11-8-9-13(16)12(11)6-4-2-1-3-5-7-14(17)18/h2,4,11-13,15-16H,1,3,5-10H2,(H,17,18)/t11-,12-,13?/m1/s1. The van der Waals surface area contributed by atoms with Gasteiger partial charge >= 0.3 is 5.97 Å². The minimum absolute atomic E-state index is 0.161. The van der Waals surface area contributed by atoms with E-state index < -0.39 is 5.97 Å². The van der Waals surface area contributed by atoms with E-state index in [-0.39, 0.29) is 31.0 Å². The van der Waals surface area contributed by atoms with Crippen LogP contribution in [0.15, 0.2) is 12.2 Å². The Hall–Kier alpha value is -0.870. The van der Waals surface area contributed by atoms with Gasteiger partial charge < -0.3 is 15.3 Å². The van der Waals surface area contributed by atoms with Crippen molar-refractivity contribution in [1.82, 2.24) is 0 Å². The van der Waals surface area contributed by atoms with Crippen molar-refractivity contribution in [3.8, 4) is 0 Å². The molecule has 1 fully saturated rings. The van der Waals surface area contributed by atoms with Crippen molar-refractivity contribution in [2.75, 3.05) is 6.61 Å². The molecule has 104 valence electrons. The van der Waals surface area contributed by atoms with Crippen LogP contribution < -0.4 is 0 Å². The molecule has 1 unspecified atom stereocenters. The number of aliphatic hydroxyl groups excluding tert-OH is 2. The van der Waals surface area contributed by atoms with Gasteiger partial charge in [0.1, 0.15) is 0 Å². The Labute approximate surface area is 108 Å². The average Bonchev–Trinajstić information content (AvgIpc) is 2.69. The van der Waals surface area contributed by atoms with Gasteiger partial charge in [0.25, 0.3) is 0 Å².